The monoisotopic (exact) mass is 179 g/mol. The zero-order valence-corrected chi connectivity index (χ0v) is 7.35. The van der Waals surface area contributed by atoms with Gasteiger partial charge in [0.05, 0.1) is 7.11 Å². The van der Waals surface area contributed by atoms with Crippen molar-refractivity contribution in [2.75, 3.05) is 12.8 Å². The number of anilines is 1. The Morgan fingerprint density at radius 3 is 2.92 bits per heavy atom. The molecule has 0 unspecified atom stereocenters. The molecule has 0 aliphatic carbocycles. The van der Waals surface area contributed by atoms with E-state index < -0.39 is 0 Å². The molecule has 0 saturated heterocycles. The van der Waals surface area contributed by atoms with Crippen LogP contribution in [0.15, 0.2) is 6.33 Å². The minimum Gasteiger partial charge on any atom is -0.479 e. The van der Waals surface area contributed by atoms with Gasteiger partial charge in [0, 0.05) is 7.05 Å². The Hall–Kier alpha value is -1.85. The summed E-state index contributed by atoms with van der Waals surface area (Å²) in [6.45, 7) is 0. The first-order valence-electron chi connectivity index (χ1n) is 3.71. The molecule has 0 atom stereocenters. The Labute approximate surface area is 74.4 Å². The van der Waals surface area contributed by atoms with Crippen LogP contribution < -0.4 is 10.5 Å². The van der Waals surface area contributed by atoms with Gasteiger partial charge >= 0.3 is 0 Å². The van der Waals surface area contributed by atoms with Crippen molar-refractivity contribution in [3.05, 3.63) is 6.33 Å². The van der Waals surface area contributed by atoms with Gasteiger partial charge in [-0.15, -0.1) is 0 Å². The van der Waals surface area contributed by atoms with Crippen molar-refractivity contribution in [2.45, 2.75) is 0 Å². The predicted molar refractivity (Wildman–Crippen MR) is 47.3 cm³/mol. The first-order chi connectivity index (χ1) is 6.24. The van der Waals surface area contributed by atoms with Crippen LogP contribution in [0, 0.1) is 0 Å². The summed E-state index contributed by atoms with van der Waals surface area (Å²) in [5, 5.41) is 0. The highest BCUT2D eigenvalue weighted by molar-refractivity contribution is 5.78. The lowest BCUT2D eigenvalue weighted by Crippen LogP contribution is -1.97. The largest absolute Gasteiger partial charge is 0.479 e. The SMILES string of the molecule is COc1ncnc2c1nc(N)n2C. The molecule has 2 heterocycles. The number of nitrogen functional groups attached to an aromatic ring is 1. The van der Waals surface area contributed by atoms with Gasteiger partial charge in [-0.05, 0) is 0 Å². The van der Waals surface area contributed by atoms with Crippen LogP contribution in [0.4, 0.5) is 5.95 Å². The lowest BCUT2D eigenvalue weighted by atomic mass is 10.5. The quantitative estimate of drug-likeness (QED) is 0.664. The first kappa shape index (κ1) is 7.78. The molecular formula is C7H9N5O. The number of aryl methyl sites for hydroxylation is 1. The van der Waals surface area contributed by atoms with E-state index in [1.165, 1.54) is 13.4 Å². The van der Waals surface area contributed by atoms with E-state index in [0.29, 0.717) is 23.0 Å². The van der Waals surface area contributed by atoms with Crippen molar-refractivity contribution in [2.24, 2.45) is 7.05 Å². The third-order valence-corrected chi connectivity index (χ3v) is 1.85. The summed E-state index contributed by atoms with van der Waals surface area (Å²) >= 11 is 0. The number of aromatic nitrogens is 4. The second-order valence-electron chi connectivity index (χ2n) is 2.58. The summed E-state index contributed by atoms with van der Waals surface area (Å²) in [6, 6.07) is 0. The fourth-order valence-electron chi connectivity index (χ4n) is 1.14. The zero-order chi connectivity index (χ0) is 9.42. The Morgan fingerprint density at radius 1 is 1.46 bits per heavy atom. The van der Waals surface area contributed by atoms with E-state index >= 15 is 0 Å². The van der Waals surface area contributed by atoms with Crippen LogP contribution in [0.1, 0.15) is 0 Å². The summed E-state index contributed by atoms with van der Waals surface area (Å²) < 4.78 is 6.69. The average molecular weight is 179 g/mol. The molecule has 0 fully saturated rings. The third-order valence-electron chi connectivity index (χ3n) is 1.85. The van der Waals surface area contributed by atoms with Gasteiger partial charge in [0.1, 0.15) is 6.33 Å². The van der Waals surface area contributed by atoms with Crippen LogP contribution in [0.2, 0.25) is 0 Å². The van der Waals surface area contributed by atoms with Gasteiger partial charge in [0.2, 0.25) is 11.8 Å². The van der Waals surface area contributed by atoms with Gasteiger partial charge in [-0.3, -0.25) is 4.57 Å². The molecular weight excluding hydrogens is 170 g/mol. The topological polar surface area (TPSA) is 78.8 Å². The smallest absolute Gasteiger partial charge is 0.245 e. The molecule has 0 spiro atoms. The molecule has 0 bridgehead atoms. The molecule has 0 radical (unpaired) electrons. The van der Waals surface area contributed by atoms with Gasteiger partial charge < -0.3 is 10.5 Å². The fraction of sp³-hybridized carbons (Fsp3) is 0.286. The van der Waals surface area contributed by atoms with E-state index in [4.69, 9.17) is 10.5 Å². The van der Waals surface area contributed by atoms with Gasteiger partial charge in [0.25, 0.3) is 0 Å². The molecule has 0 saturated carbocycles. The third kappa shape index (κ3) is 0.986. The van der Waals surface area contributed by atoms with Gasteiger partial charge in [0.15, 0.2) is 11.2 Å². The number of fused-ring (bicyclic) bond motifs is 1. The lowest BCUT2D eigenvalue weighted by Gasteiger charge is -1.97. The van der Waals surface area contributed by atoms with E-state index in [1.807, 2.05) is 0 Å². The number of rotatable bonds is 1. The standard InChI is InChI=1S/C7H9N5O/c1-12-5-4(11-7(12)8)6(13-2)10-3-9-5/h3H,1-2H3,(H2,8,11). The minimum absolute atomic E-state index is 0.397. The summed E-state index contributed by atoms with van der Waals surface area (Å²) in [6.07, 6.45) is 1.42. The van der Waals surface area contributed by atoms with Crippen molar-refractivity contribution < 1.29 is 4.74 Å². The van der Waals surface area contributed by atoms with Crippen LogP contribution in [0.5, 0.6) is 5.88 Å². The van der Waals surface area contributed by atoms with E-state index in [9.17, 15) is 0 Å². The van der Waals surface area contributed by atoms with Crippen molar-refractivity contribution >= 4 is 17.1 Å². The van der Waals surface area contributed by atoms with Crippen LogP contribution in [0.3, 0.4) is 0 Å². The second kappa shape index (κ2) is 2.58. The highest BCUT2D eigenvalue weighted by Gasteiger charge is 2.11. The van der Waals surface area contributed by atoms with Crippen LogP contribution in [0.25, 0.3) is 11.2 Å². The number of methoxy groups -OCH3 is 1. The lowest BCUT2D eigenvalue weighted by molar-refractivity contribution is 0.401. The second-order valence-corrected chi connectivity index (χ2v) is 2.58. The molecule has 13 heavy (non-hydrogen) atoms. The van der Waals surface area contributed by atoms with Crippen molar-refractivity contribution in [3.8, 4) is 5.88 Å². The summed E-state index contributed by atoms with van der Waals surface area (Å²) in [7, 11) is 3.32. The number of nitrogens with zero attached hydrogens (tertiary/aromatic N) is 4. The van der Waals surface area contributed by atoms with Crippen molar-refractivity contribution in [1.82, 2.24) is 19.5 Å². The maximum Gasteiger partial charge on any atom is 0.245 e. The molecule has 2 aromatic heterocycles. The molecule has 2 rings (SSSR count). The number of nitrogens with two attached hydrogens (primary N) is 1. The Bertz CT molecular complexity index is 449. The molecule has 0 aliphatic heterocycles. The van der Waals surface area contributed by atoms with Crippen LogP contribution in [-0.2, 0) is 7.05 Å². The Kier molecular flexibility index (Phi) is 1.54. The van der Waals surface area contributed by atoms with Gasteiger partial charge in [-0.2, -0.15) is 4.98 Å². The highest BCUT2D eigenvalue weighted by atomic mass is 16.5. The molecule has 2 N–H and O–H groups in total. The van der Waals surface area contributed by atoms with E-state index in [1.54, 1.807) is 11.6 Å². The van der Waals surface area contributed by atoms with Crippen LogP contribution >= 0.6 is 0 Å². The van der Waals surface area contributed by atoms with Crippen molar-refractivity contribution in [1.29, 1.82) is 0 Å². The normalized spacial score (nSPS) is 10.6. The Balaban J connectivity index is 2.84. The molecule has 0 aliphatic rings. The number of hydrogen-bond donors (Lipinski definition) is 1. The number of hydrogen-bond acceptors (Lipinski definition) is 5. The summed E-state index contributed by atoms with van der Waals surface area (Å²) in [4.78, 5) is 12.0. The van der Waals surface area contributed by atoms with Crippen LogP contribution in [-0.4, -0.2) is 26.6 Å². The van der Waals surface area contributed by atoms with E-state index in [-0.39, 0.29) is 0 Å². The fourth-order valence-corrected chi connectivity index (χ4v) is 1.14. The maximum atomic E-state index is 5.60. The van der Waals surface area contributed by atoms with Gasteiger partial charge in [-0.1, -0.05) is 0 Å². The number of ether oxygens (including phenoxy) is 1. The molecule has 6 nitrogen and oxygen atoms in total. The molecule has 68 valence electrons. The van der Waals surface area contributed by atoms with E-state index in [0.717, 1.165) is 0 Å². The average Bonchev–Trinajstić information content (AvgIpc) is 2.43. The molecule has 0 amide bonds. The van der Waals surface area contributed by atoms with Gasteiger partial charge in [-0.25, -0.2) is 9.97 Å². The zero-order valence-electron chi connectivity index (χ0n) is 7.35. The summed E-state index contributed by atoms with van der Waals surface area (Å²) in [5.74, 6) is 0.839. The molecule has 2 aromatic rings. The highest BCUT2D eigenvalue weighted by Crippen LogP contribution is 2.20. The Morgan fingerprint density at radius 2 is 2.23 bits per heavy atom. The van der Waals surface area contributed by atoms with Crippen molar-refractivity contribution in [3.63, 3.8) is 0 Å². The molecule has 0 aromatic carbocycles. The minimum atomic E-state index is 0.397. The number of imidazole rings is 1. The van der Waals surface area contributed by atoms with E-state index in [2.05, 4.69) is 15.0 Å². The predicted octanol–water partition coefficient (Wildman–Crippen LogP) is -0.0459. The maximum absolute atomic E-state index is 5.60. The summed E-state index contributed by atoms with van der Waals surface area (Å²) in [5.41, 5.74) is 6.86. The first-order valence-corrected chi connectivity index (χ1v) is 3.71. The molecule has 6 heteroatoms.